The minimum atomic E-state index is 0.389. The minimum absolute atomic E-state index is 0.389. The Morgan fingerprint density at radius 2 is 1.25 bits per heavy atom. The highest BCUT2D eigenvalue weighted by atomic mass is 16.5. The van der Waals surface area contributed by atoms with Gasteiger partial charge in [-0.15, -0.1) is 0 Å². The summed E-state index contributed by atoms with van der Waals surface area (Å²) in [6.07, 6.45) is 8.26. The fourth-order valence-electron chi connectivity index (χ4n) is 2.20. The highest BCUT2D eigenvalue weighted by Gasteiger charge is 2.25. The smallest absolute Gasteiger partial charge is 0.142 e. The van der Waals surface area contributed by atoms with Crippen LogP contribution in [0.25, 0.3) is 0 Å². The lowest BCUT2D eigenvalue weighted by molar-refractivity contribution is 0.228. The lowest BCUT2D eigenvalue weighted by atomic mass is 10.2. The summed E-state index contributed by atoms with van der Waals surface area (Å²) in [6.45, 7) is 2.59. The highest BCUT2D eigenvalue weighted by molar-refractivity contribution is 5.85. The molecule has 0 spiro atoms. The van der Waals surface area contributed by atoms with Gasteiger partial charge in [0, 0.05) is 44.8 Å². The van der Waals surface area contributed by atoms with Crippen molar-refractivity contribution in [2.45, 2.75) is 51.4 Å². The first-order chi connectivity index (χ1) is 13.6. The Kier molecular flexibility index (Phi) is 12.3. The molecular formula is C16H32N8O4. The maximum Gasteiger partial charge on any atom is 0.142 e. The third-order valence-electron chi connectivity index (χ3n) is 4.15. The summed E-state index contributed by atoms with van der Waals surface area (Å²) in [6, 6.07) is 0. The lowest BCUT2D eigenvalue weighted by Gasteiger charge is -2.08. The van der Waals surface area contributed by atoms with Gasteiger partial charge >= 0.3 is 0 Å². The summed E-state index contributed by atoms with van der Waals surface area (Å²) in [5, 5.41) is 35.4. The normalized spacial score (nSPS) is 20.1. The monoisotopic (exact) mass is 400 g/mol. The maximum atomic E-state index is 8.31. The van der Waals surface area contributed by atoms with Gasteiger partial charge in [0.2, 0.25) is 0 Å². The van der Waals surface area contributed by atoms with Gasteiger partial charge in [-0.2, -0.15) is 0 Å². The Bertz CT molecular complexity index is 561. The molecule has 0 bridgehead atoms. The number of hydrogen-bond donors (Lipinski definition) is 8. The molecule has 12 nitrogen and oxygen atoms in total. The molecule has 4 rings (SSSR count). The Morgan fingerprint density at radius 1 is 0.786 bits per heavy atom. The number of nitrogens with one attached hydrogen (secondary N) is 3. The van der Waals surface area contributed by atoms with Gasteiger partial charge in [-0.25, -0.2) is 0 Å². The number of oxime groups is 1. The summed E-state index contributed by atoms with van der Waals surface area (Å²) in [5.74, 6) is 2.94. The van der Waals surface area contributed by atoms with Gasteiger partial charge in [0.15, 0.2) is 0 Å². The van der Waals surface area contributed by atoms with E-state index in [1.807, 2.05) is 11.0 Å². The van der Waals surface area contributed by atoms with E-state index in [1.165, 1.54) is 0 Å². The van der Waals surface area contributed by atoms with Crippen molar-refractivity contribution in [3.63, 3.8) is 0 Å². The van der Waals surface area contributed by atoms with Crippen LogP contribution in [-0.4, -0.2) is 63.8 Å². The zero-order chi connectivity index (χ0) is 20.6. The molecule has 0 saturated heterocycles. The molecule has 9 N–H and O–H groups in total. The van der Waals surface area contributed by atoms with Gasteiger partial charge in [0.25, 0.3) is 0 Å². The molecule has 3 heterocycles. The summed E-state index contributed by atoms with van der Waals surface area (Å²) in [5.41, 5.74) is 11.2. The molecule has 160 valence electrons. The van der Waals surface area contributed by atoms with Crippen molar-refractivity contribution >= 4 is 23.3 Å². The summed E-state index contributed by atoms with van der Waals surface area (Å²) in [4.78, 5) is 11.7. The van der Waals surface area contributed by atoms with Gasteiger partial charge < -0.3 is 10.9 Å². The number of rotatable bonds is 1. The molecule has 0 aromatic rings. The van der Waals surface area contributed by atoms with Crippen LogP contribution in [0, 0.1) is 5.92 Å². The molecule has 0 atom stereocenters. The van der Waals surface area contributed by atoms with Crippen LogP contribution < -0.4 is 22.2 Å². The summed E-state index contributed by atoms with van der Waals surface area (Å²) >= 11 is 0. The van der Waals surface area contributed by atoms with E-state index in [9.17, 15) is 0 Å². The molecule has 0 aromatic carbocycles. The van der Waals surface area contributed by atoms with E-state index in [0.717, 1.165) is 82.7 Å². The zero-order valence-electron chi connectivity index (χ0n) is 16.0. The molecular weight excluding hydrogens is 368 g/mol. The van der Waals surface area contributed by atoms with Crippen LogP contribution in [0.3, 0.4) is 0 Å². The average Bonchev–Trinajstić information content (AvgIpc) is 3.43. The molecule has 28 heavy (non-hydrogen) atoms. The van der Waals surface area contributed by atoms with Crippen LogP contribution in [-0.2, 0) is 0 Å². The van der Waals surface area contributed by atoms with Crippen LogP contribution in [0.2, 0.25) is 0 Å². The maximum absolute atomic E-state index is 8.31. The van der Waals surface area contributed by atoms with Gasteiger partial charge in [-0.1, -0.05) is 5.16 Å². The molecule has 3 aliphatic heterocycles. The Balaban J connectivity index is 0.000000188. The third kappa shape index (κ3) is 10.6. The predicted octanol–water partition coefficient (Wildman–Crippen LogP) is 0.615. The second-order valence-corrected chi connectivity index (χ2v) is 6.43. The molecule has 0 radical (unpaired) electrons. The van der Waals surface area contributed by atoms with Crippen molar-refractivity contribution in [2.75, 3.05) is 19.6 Å². The fraction of sp³-hybridized carbons (Fsp3) is 0.750. The van der Waals surface area contributed by atoms with E-state index in [-0.39, 0.29) is 0 Å². The minimum Gasteiger partial charge on any atom is -0.409 e. The second-order valence-electron chi connectivity index (χ2n) is 6.43. The molecule has 4 aliphatic rings. The van der Waals surface area contributed by atoms with Crippen molar-refractivity contribution in [1.82, 2.24) is 16.4 Å². The van der Waals surface area contributed by atoms with Crippen molar-refractivity contribution in [1.29, 1.82) is 0 Å². The lowest BCUT2D eigenvalue weighted by Crippen LogP contribution is -2.26. The van der Waals surface area contributed by atoms with E-state index in [0.29, 0.717) is 17.6 Å². The molecule has 12 heteroatoms. The van der Waals surface area contributed by atoms with E-state index >= 15 is 0 Å². The fourth-order valence-corrected chi connectivity index (χ4v) is 2.20. The molecule has 1 fully saturated rings. The van der Waals surface area contributed by atoms with Crippen LogP contribution in [0.4, 0.5) is 0 Å². The summed E-state index contributed by atoms with van der Waals surface area (Å²) < 4.78 is 0. The van der Waals surface area contributed by atoms with Gasteiger partial charge in [-0.3, -0.25) is 47.0 Å². The quantitative estimate of drug-likeness (QED) is 0.136. The second kappa shape index (κ2) is 14.6. The van der Waals surface area contributed by atoms with Crippen molar-refractivity contribution in [3.8, 4) is 0 Å². The number of hydrogen-bond acceptors (Lipinski definition) is 11. The van der Waals surface area contributed by atoms with Gasteiger partial charge in [-0.05, 0) is 32.1 Å². The third-order valence-corrected chi connectivity index (χ3v) is 4.15. The first-order valence-electron chi connectivity index (χ1n) is 9.42. The first-order valence-corrected chi connectivity index (χ1v) is 9.42. The predicted molar refractivity (Wildman–Crippen MR) is 106 cm³/mol. The number of aliphatic imine (C=N–C) groups is 3. The molecule has 0 amide bonds. The SMILES string of the molecule is N/C(=N\O)C1CC1.ONC1=NCC1.ONC1=NCCC1.ONC1=NCCCC1. The largest absolute Gasteiger partial charge is 0.409 e. The highest BCUT2D eigenvalue weighted by Crippen LogP contribution is 2.28. The Labute approximate surface area is 164 Å². The van der Waals surface area contributed by atoms with E-state index in [4.69, 9.17) is 26.6 Å². The van der Waals surface area contributed by atoms with Gasteiger partial charge in [0.1, 0.15) is 23.3 Å². The van der Waals surface area contributed by atoms with Crippen molar-refractivity contribution < 1.29 is 20.8 Å². The summed E-state index contributed by atoms with van der Waals surface area (Å²) in [7, 11) is 0. The van der Waals surface area contributed by atoms with Crippen LogP contribution in [0.1, 0.15) is 51.4 Å². The van der Waals surface area contributed by atoms with E-state index in [2.05, 4.69) is 25.6 Å². The van der Waals surface area contributed by atoms with Crippen LogP contribution >= 0.6 is 0 Å². The Hall–Kier alpha value is -2.44. The molecule has 1 saturated carbocycles. The zero-order valence-corrected chi connectivity index (χ0v) is 16.0. The number of nitrogens with two attached hydrogens (primary N) is 1. The molecule has 0 aromatic heterocycles. The van der Waals surface area contributed by atoms with Crippen molar-refractivity contribution in [2.24, 2.45) is 31.8 Å². The van der Waals surface area contributed by atoms with Crippen LogP contribution in [0.15, 0.2) is 20.1 Å². The number of amidine groups is 4. The van der Waals surface area contributed by atoms with Crippen molar-refractivity contribution in [3.05, 3.63) is 0 Å². The molecule has 0 unspecified atom stereocenters. The number of nitrogens with zero attached hydrogens (tertiary/aromatic N) is 4. The van der Waals surface area contributed by atoms with Crippen LogP contribution in [0.5, 0.6) is 0 Å². The standard InChI is InChI=1S/C5H10N2O.2C4H8N2O.C3H6N2O/c8-7-5-3-1-2-4-6-5;7-6-4-2-1-3-5-4;5-4(6-7)3-1-2-3;6-5-3-1-2-4-3/h8H,1-4H2,(H,6,7);7H,1-3H2,(H,5,6);3,7H,1-2H2,(H2,5,6);6H,1-2H2,(H,4,5). The number of hydroxylamine groups is 3. The van der Waals surface area contributed by atoms with Gasteiger partial charge in [0.05, 0.1) is 0 Å². The van der Waals surface area contributed by atoms with E-state index < -0.39 is 0 Å². The first kappa shape index (κ1) is 23.6. The average molecular weight is 400 g/mol. The molecule has 1 aliphatic carbocycles. The van der Waals surface area contributed by atoms with E-state index in [1.54, 1.807) is 0 Å². The topological polar surface area (TPSA) is 192 Å². The Morgan fingerprint density at radius 3 is 1.46 bits per heavy atom.